The fourth-order valence-electron chi connectivity index (χ4n) is 1.51. The van der Waals surface area contributed by atoms with Gasteiger partial charge in [-0.15, -0.1) is 0 Å². The Balaban J connectivity index is 2.16. The highest BCUT2D eigenvalue weighted by atomic mass is 16.5. The maximum absolute atomic E-state index is 5.96. The molecule has 1 atom stereocenters. The molecule has 0 fully saturated rings. The molecule has 2 heterocycles. The minimum Gasteiger partial charge on any atom is -0.337 e. The van der Waals surface area contributed by atoms with E-state index in [9.17, 15) is 0 Å². The third-order valence-corrected chi connectivity index (χ3v) is 2.28. The van der Waals surface area contributed by atoms with E-state index in [0.29, 0.717) is 23.3 Å². The minimum absolute atomic E-state index is 0.229. The second-order valence-corrected chi connectivity index (χ2v) is 4.28. The van der Waals surface area contributed by atoms with Crippen molar-refractivity contribution in [2.45, 2.75) is 26.3 Å². The van der Waals surface area contributed by atoms with Crippen molar-refractivity contribution in [1.29, 1.82) is 0 Å². The maximum Gasteiger partial charge on any atom is 0.243 e. The average Bonchev–Trinajstić information content (AvgIpc) is 2.78. The van der Waals surface area contributed by atoms with Crippen LogP contribution in [0.1, 0.15) is 32.2 Å². The van der Waals surface area contributed by atoms with E-state index in [4.69, 9.17) is 10.3 Å². The number of nitrogens with zero attached hydrogens (tertiary/aromatic N) is 4. The molecule has 0 aliphatic heterocycles. The van der Waals surface area contributed by atoms with E-state index < -0.39 is 0 Å². The molecule has 0 saturated carbocycles. The average molecular weight is 233 g/mol. The SMILES string of the molecule is CC(C)CC(N)c1nc(-c2cnccn2)no1. The predicted molar refractivity (Wildman–Crippen MR) is 61.7 cm³/mol. The van der Waals surface area contributed by atoms with Gasteiger partial charge in [0.15, 0.2) is 0 Å². The Hall–Kier alpha value is -1.82. The van der Waals surface area contributed by atoms with Gasteiger partial charge in [-0.3, -0.25) is 4.98 Å². The molecule has 0 radical (unpaired) electrons. The molecule has 0 spiro atoms. The van der Waals surface area contributed by atoms with Crippen molar-refractivity contribution in [1.82, 2.24) is 20.1 Å². The van der Waals surface area contributed by atoms with Crippen molar-refractivity contribution in [2.75, 3.05) is 0 Å². The summed E-state index contributed by atoms with van der Waals surface area (Å²) in [5.74, 6) is 1.35. The van der Waals surface area contributed by atoms with Gasteiger partial charge in [0.25, 0.3) is 0 Å². The summed E-state index contributed by atoms with van der Waals surface area (Å²) >= 11 is 0. The molecule has 0 aliphatic rings. The van der Waals surface area contributed by atoms with Crippen molar-refractivity contribution >= 4 is 0 Å². The fourth-order valence-corrected chi connectivity index (χ4v) is 1.51. The van der Waals surface area contributed by atoms with Crippen molar-refractivity contribution in [3.05, 3.63) is 24.5 Å². The molecule has 6 nitrogen and oxygen atoms in total. The van der Waals surface area contributed by atoms with E-state index in [1.54, 1.807) is 18.6 Å². The Morgan fingerprint density at radius 2 is 2.18 bits per heavy atom. The fraction of sp³-hybridized carbons (Fsp3) is 0.455. The van der Waals surface area contributed by atoms with E-state index in [1.807, 2.05) is 0 Å². The lowest BCUT2D eigenvalue weighted by atomic mass is 10.0. The zero-order chi connectivity index (χ0) is 12.3. The van der Waals surface area contributed by atoms with Crippen LogP contribution in [0, 0.1) is 5.92 Å². The molecule has 90 valence electrons. The van der Waals surface area contributed by atoms with Gasteiger partial charge in [0.1, 0.15) is 5.69 Å². The van der Waals surface area contributed by atoms with Crippen LogP contribution in [0.3, 0.4) is 0 Å². The number of hydrogen-bond acceptors (Lipinski definition) is 6. The third-order valence-electron chi connectivity index (χ3n) is 2.28. The largest absolute Gasteiger partial charge is 0.337 e. The molecule has 1 unspecified atom stereocenters. The van der Waals surface area contributed by atoms with Gasteiger partial charge < -0.3 is 10.3 Å². The van der Waals surface area contributed by atoms with Gasteiger partial charge in [-0.2, -0.15) is 4.98 Å². The van der Waals surface area contributed by atoms with Crippen LogP contribution in [0.5, 0.6) is 0 Å². The van der Waals surface area contributed by atoms with E-state index in [0.717, 1.165) is 6.42 Å². The molecule has 0 bridgehead atoms. The van der Waals surface area contributed by atoms with Crippen molar-refractivity contribution in [2.24, 2.45) is 11.7 Å². The lowest BCUT2D eigenvalue weighted by Gasteiger charge is -2.08. The summed E-state index contributed by atoms with van der Waals surface area (Å²) in [5.41, 5.74) is 6.54. The molecule has 0 saturated heterocycles. The summed E-state index contributed by atoms with van der Waals surface area (Å²) < 4.78 is 5.13. The van der Waals surface area contributed by atoms with Crippen LogP contribution < -0.4 is 5.73 Å². The molecule has 0 aliphatic carbocycles. The molecule has 2 N–H and O–H groups in total. The van der Waals surface area contributed by atoms with Gasteiger partial charge in [0, 0.05) is 12.4 Å². The van der Waals surface area contributed by atoms with Crippen LogP contribution >= 0.6 is 0 Å². The first kappa shape index (κ1) is 11.7. The topological polar surface area (TPSA) is 90.7 Å². The molecule has 0 amide bonds. The molecular weight excluding hydrogens is 218 g/mol. The number of aromatic nitrogens is 4. The Morgan fingerprint density at radius 3 is 2.82 bits per heavy atom. The normalized spacial score (nSPS) is 12.9. The standard InChI is InChI=1S/C11H15N5O/c1-7(2)5-8(12)11-15-10(16-17-11)9-6-13-3-4-14-9/h3-4,6-8H,5,12H2,1-2H3. The number of nitrogens with two attached hydrogens (primary N) is 1. The first-order valence-electron chi connectivity index (χ1n) is 5.52. The third kappa shape index (κ3) is 2.85. The number of hydrogen-bond donors (Lipinski definition) is 1. The van der Waals surface area contributed by atoms with E-state index >= 15 is 0 Å². The maximum atomic E-state index is 5.96. The first-order chi connectivity index (χ1) is 8.16. The smallest absolute Gasteiger partial charge is 0.243 e. The van der Waals surface area contributed by atoms with Crippen LogP contribution in [0.25, 0.3) is 11.5 Å². The minimum atomic E-state index is -0.229. The summed E-state index contributed by atoms with van der Waals surface area (Å²) in [4.78, 5) is 12.3. The van der Waals surface area contributed by atoms with Gasteiger partial charge in [0.2, 0.25) is 11.7 Å². The van der Waals surface area contributed by atoms with Gasteiger partial charge in [-0.1, -0.05) is 19.0 Å². The van der Waals surface area contributed by atoms with E-state index in [2.05, 4.69) is 34.0 Å². The Bertz CT molecular complexity index is 468. The Labute approximate surface area is 99.3 Å². The molecule has 2 rings (SSSR count). The van der Waals surface area contributed by atoms with Crippen LogP contribution in [0.2, 0.25) is 0 Å². The lowest BCUT2D eigenvalue weighted by molar-refractivity contribution is 0.335. The number of rotatable bonds is 4. The van der Waals surface area contributed by atoms with Gasteiger partial charge >= 0.3 is 0 Å². The monoisotopic (exact) mass is 233 g/mol. The second kappa shape index (κ2) is 5.01. The zero-order valence-corrected chi connectivity index (χ0v) is 9.87. The predicted octanol–water partition coefficient (Wildman–Crippen LogP) is 1.57. The van der Waals surface area contributed by atoms with Crippen LogP contribution in [-0.2, 0) is 0 Å². The highest BCUT2D eigenvalue weighted by molar-refractivity contribution is 5.45. The van der Waals surface area contributed by atoms with Crippen molar-refractivity contribution in [3.8, 4) is 11.5 Å². The van der Waals surface area contributed by atoms with Gasteiger partial charge in [-0.25, -0.2) is 4.98 Å². The molecular formula is C11H15N5O. The molecule has 6 heteroatoms. The second-order valence-electron chi connectivity index (χ2n) is 4.28. The first-order valence-corrected chi connectivity index (χ1v) is 5.52. The lowest BCUT2D eigenvalue weighted by Crippen LogP contribution is -2.13. The molecule has 0 aromatic carbocycles. The van der Waals surface area contributed by atoms with Gasteiger partial charge in [0.05, 0.1) is 12.2 Å². The van der Waals surface area contributed by atoms with Crippen LogP contribution in [-0.4, -0.2) is 20.1 Å². The quantitative estimate of drug-likeness (QED) is 0.861. The van der Waals surface area contributed by atoms with Crippen molar-refractivity contribution in [3.63, 3.8) is 0 Å². The summed E-state index contributed by atoms with van der Waals surface area (Å²) in [6.45, 7) is 4.19. The summed E-state index contributed by atoms with van der Waals surface area (Å²) in [6, 6.07) is -0.229. The molecule has 2 aromatic heterocycles. The van der Waals surface area contributed by atoms with E-state index in [-0.39, 0.29) is 6.04 Å². The summed E-state index contributed by atoms with van der Waals surface area (Å²) in [6.07, 6.45) is 5.57. The Morgan fingerprint density at radius 1 is 1.35 bits per heavy atom. The summed E-state index contributed by atoms with van der Waals surface area (Å²) in [7, 11) is 0. The van der Waals surface area contributed by atoms with Gasteiger partial charge in [-0.05, 0) is 12.3 Å². The highest BCUT2D eigenvalue weighted by Crippen LogP contribution is 2.19. The van der Waals surface area contributed by atoms with Crippen LogP contribution in [0.15, 0.2) is 23.1 Å². The van der Waals surface area contributed by atoms with Crippen molar-refractivity contribution < 1.29 is 4.52 Å². The molecule has 17 heavy (non-hydrogen) atoms. The highest BCUT2D eigenvalue weighted by Gasteiger charge is 2.17. The summed E-state index contributed by atoms with van der Waals surface area (Å²) in [5, 5.41) is 3.85. The molecule has 2 aromatic rings. The Kier molecular flexibility index (Phi) is 3.43. The van der Waals surface area contributed by atoms with E-state index in [1.165, 1.54) is 0 Å². The van der Waals surface area contributed by atoms with Crippen LogP contribution in [0.4, 0.5) is 0 Å². The zero-order valence-electron chi connectivity index (χ0n) is 9.87.